The minimum atomic E-state index is -4.09. The zero-order chi connectivity index (χ0) is 12.3. The molecule has 8 heteroatoms. The van der Waals surface area contributed by atoms with Gasteiger partial charge < -0.3 is 4.74 Å². The number of nitrogens with two attached hydrogens (primary N) is 1. The number of ether oxygens (including phenoxy) is 1. The van der Waals surface area contributed by atoms with Gasteiger partial charge >= 0.3 is 11.7 Å². The molecular weight excluding hydrogens is 234 g/mol. The zero-order valence-electron chi connectivity index (χ0n) is 8.25. The van der Waals surface area contributed by atoms with Crippen molar-refractivity contribution in [2.75, 3.05) is 7.11 Å². The van der Waals surface area contributed by atoms with Crippen molar-refractivity contribution >= 4 is 21.7 Å². The van der Waals surface area contributed by atoms with Crippen LogP contribution in [0.25, 0.3) is 4.98 Å². The Balaban J connectivity index is 3.53. The maximum absolute atomic E-state index is 11.2. The Kier molecular flexibility index (Phi) is 3.22. The second kappa shape index (κ2) is 4.26. The van der Waals surface area contributed by atoms with E-state index < -0.39 is 20.9 Å². The maximum atomic E-state index is 11.2. The van der Waals surface area contributed by atoms with E-state index in [1.54, 1.807) is 0 Å². The minimum Gasteiger partial charge on any atom is -0.465 e. The second-order valence-electron chi connectivity index (χ2n) is 2.82. The molecule has 1 rings (SSSR count). The molecule has 0 spiro atoms. The van der Waals surface area contributed by atoms with Crippen molar-refractivity contribution in [1.82, 2.24) is 0 Å². The molecule has 0 heterocycles. The number of rotatable bonds is 2. The van der Waals surface area contributed by atoms with Crippen LogP contribution in [-0.4, -0.2) is 21.5 Å². The fraction of sp³-hybridized carbons (Fsp3) is 0.125. The van der Waals surface area contributed by atoms with Crippen LogP contribution in [0.15, 0.2) is 23.1 Å². The summed E-state index contributed by atoms with van der Waals surface area (Å²) in [7, 11) is -2.98. The number of carbonyl (C=O) groups is 1. The van der Waals surface area contributed by atoms with Gasteiger partial charge in [-0.2, -0.15) is 0 Å². The quantitative estimate of drug-likeness (QED) is 0.602. The Morgan fingerprint density at radius 1 is 1.50 bits per heavy atom. The number of methoxy groups -OCH3 is 1. The maximum Gasteiger partial charge on any atom is 0.386 e. The number of sulfonamides is 1. The van der Waals surface area contributed by atoms with Crippen molar-refractivity contribution in [2.45, 2.75) is 4.90 Å². The van der Waals surface area contributed by atoms with Crippen molar-refractivity contribution in [1.29, 1.82) is 5.39 Å². The first kappa shape index (κ1) is 12.1. The first-order valence-electron chi connectivity index (χ1n) is 4.00. The summed E-state index contributed by atoms with van der Waals surface area (Å²) in [4.78, 5) is 13.6. The lowest BCUT2D eigenvalue weighted by Crippen LogP contribution is -2.17. The molecule has 1 aromatic carbocycles. The molecule has 0 aliphatic carbocycles. The van der Waals surface area contributed by atoms with Crippen LogP contribution in [0.4, 0.5) is 5.69 Å². The molecule has 0 unspecified atom stereocenters. The molecule has 0 saturated carbocycles. The fourth-order valence-corrected chi connectivity index (χ4v) is 1.83. The average molecular weight is 242 g/mol. The molecule has 0 saturated heterocycles. The number of benzene rings is 1. The Hall–Kier alpha value is -1.98. The highest BCUT2D eigenvalue weighted by Gasteiger charge is 2.23. The zero-order valence-corrected chi connectivity index (χ0v) is 9.06. The van der Waals surface area contributed by atoms with Crippen LogP contribution < -0.4 is 5.14 Å². The van der Waals surface area contributed by atoms with Gasteiger partial charge in [0.1, 0.15) is 4.90 Å². The number of esters is 1. The lowest BCUT2D eigenvalue weighted by molar-refractivity contribution is 0.0596. The van der Waals surface area contributed by atoms with Gasteiger partial charge in [0.05, 0.1) is 18.7 Å². The van der Waals surface area contributed by atoms with Gasteiger partial charge in [0.2, 0.25) is 15.4 Å². The van der Waals surface area contributed by atoms with Crippen molar-refractivity contribution in [3.05, 3.63) is 28.7 Å². The van der Waals surface area contributed by atoms with Gasteiger partial charge in [0.15, 0.2) is 4.98 Å². The van der Waals surface area contributed by atoms with Gasteiger partial charge in [-0.25, -0.2) is 18.4 Å². The number of hydrogen-bond acceptors (Lipinski definition) is 5. The SMILES string of the molecule is COC(=O)c1ccc([N+]#N)cc1S(N)(=O)=O. The molecule has 0 amide bonds. The van der Waals surface area contributed by atoms with Crippen molar-refractivity contribution in [2.24, 2.45) is 5.14 Å². The van der Waals surface area contributed by atoms with E-state index in [4.69, 9.17) is 10.5 Å². The van der Waals surface area contributed by atoms with Crippen LogP contribution >= 0.6 is 0 Å². The monoisotopic (exact) mass is 242 g/mol. The third-order valence-corrected chi connectivity index (χ3v) is 2.74. The average Bonchev–Trinajstić information content (AvgIpc) is 2.26. The van der Waals surface area contributed by atoms with E-state index >= 15 is 0 Å². The van der Waals surface area contributed by atoms with Crippen LogP contribution in [0.1, 0.15) is 10.4 Å². The van der Waals surface area contributed by atoms with E-state index in [2.05, 4.69) is 9.71 Å². The molecule has 1 aromatic rings. The molecule has 0 radical (unpaired) electrons. The van der Waals surface area contributed by atoms with E-state index in [1.165, 1.54) is 6.07 Å². The molecule has 0 aromatic heterocycles. The highest BCUT2D eigenvalue weighted by molar-refractivity contribution is 7.89. The Morgan fingerprint density at radius 2 is 2.12 bits per heavy atom. The predicted molar refractivity (Wildman–Crippen MR) is 53.9 cm³/mol. The second-order valence-corrected chi connectivity index (χ2v) is 4.35. The minimum absolute atomic E-state index is 0.0309. The molecule has 0 fully saturated rings. The molecule has 0 atom stereocenters. The summed E-state index contributed by atoms with van der Waals surface area (Å²) in [6.07, 6.45) is 0. The van der Waals surface area contributed by atoms with Crippen LogP contribution in [0.5, 0.6) is 0 Å². The summed E-state index contributed by atoms with van der Waals surface area (Å²) < 4.78 is 26.8. The summed E-state index contributed by atoms with van der Waals surface area (Å²) in [5, 5.41) is 13.4. The fourth-order valence-electron chi connectivity index (χ4n) is 1.09. The number of carbonyl (C=O) groups excluding carboxylic acids is 1. The standard InChI is InChI=1S/C8H8N3O4S/c1-15-8(12)6-3-2-5(11-9)4-7(6)16(10,13)14/h2-4H,1H3,(H2,10,13,14)/q+1. The Morgan fingerprint density at radius 3 is 2.56 bits per heavy atom. The van der Waals surface area contributed by atoms with E-state index in [0.717, 1.165) is 19.2 Å². The number of nitrogens with zero attached hydrogens (tertiary/aromatic N) is 2. The van der Waals surface area contributed by atoms with Gasteiger partial charge in [-0.15, -0.1) is 0 Å². The summed E-state index contributed by atoms with van der Waals surface area (Å²) in [5.74, 6) is -0.839. The summed E-state index contributed by atoms with van der Waals surface area (Å²) in [6.45, 7) is 0. The molecule has 84 valence electrons. The van der Waals surface area contributed by atoms with Gasteiger partial charge in [0, 0.05) is 6.07 Å². The Labute approximate surface area is 91.5 Å². The van der Waals surface area contributed by atoms with Crippen LogP contribution in [0.3, 0.4) is 0 Å². The van der Waals surface area contributed by atoms with Crippen LogP contribution in [0.2, 0.25) is 0 Å². The highest BCUT2D eigenvalue weighted by atomic mass is 32.2. The van der Waals surface area contributed by atoms with Crippen molar-refractivity contribution in [3.8, 4) is 0 Å². The lowest BCUT2D eigenvalue weighted by atomic mass is 10.2. The summed E-state index contributed by atoms with van der Waals surface area (Å²) in [6, 6.07) is 3.38. The number of hydrogen-bond donors (Lipinski definition) is 1. The van der Waals surface area contributed by atoms with Crippen LogP contribution in [0, 0.1) is 5.39 Å². The first-order valence-corrected chi connectivity index (χ1v) is 5.55. The first-order chi connectivity index (χ1) is 7.40. The molecule has 0 aliphatic rings. The molecule has 0 aliphatic heterocycles. The molecular formula is C8H8N3O4S+. The van der Waals surface area contributed by atoms with Gasteiger partial charge in [0.25, 0.3) is 0 Å². The number of primary sulfonamides is 1. The van der Waals surface area contributed by atoms with E-state index in [9.17, 15) is 13.2 Å². The molecule has 7 nitrogen and oxygen atoms in total. The van der Waals surface area contributed by atoms with E-state index in [1.807, 2.05) is 0 Å². The lowest BCUT2D eigenvalue weighted by Gasteiger charge is -2.03. The molecule has 0 bridgehead atoms. The van der Waals surface area contributed by atoms with E-state index in [0.29, 0.717) is 0 Å². The smallest absolute Gasteiger partial charge is 0.386 e. The third kappa shape index (κ3) is 2.33. The van der Waals surface area contributed by atoms with Gasteiger partial charge in [-0.3, -0.25) is 0 Å². The van der Waals surface area contributed by atoms with Crippen LogP contribution in [-0.2, 0) is 14.8 Å². The van der Waals surface area contributed by atoms with Crippen molar-refractivity contribution < 1.29 is 17.9 Å². The number of diazo groups is 1. The predicted octanol–water partition coefficient (Wildman–Crippen LogP) is 0.605. The highest BCUT2D eigenvalue weighted by Crippen LogP contribution is 2.22. The molecule has 16 heavy (non-hydrogen) atoms. The summed E-state index contributed by atoms with van der Waals surface area (Å²) >= 11 is 0. The molecule has 2 N–H and O–H groups in total. The van der Waals surface area contributed by atoms with Gasteiger partial charge in [-0.1, -0.05) is 0 Å². The summed E-state index contributed by atoms with van der Waals surface area (Å²) in [5.41, 5.74) is -0.242. The van der Waals surface area contributed by atoms with E-state index in [-0.39, 0.29) is 11.3 Å². The Bertz CT molecular complexity index is 573. The normalized spacial score (nSPS) is 10.6. The van der Waals surface area contributed by atoms with Gasteiger partial charge in [-0.05, 0) is 6.07 Å². The largest absolute Gasteiger partial charge is 0.465 e. The van der Waals surface area contributed by atoms with Crippen molar-refractivity contribution in [3.63, 3.8) is 0 Å². The topological polar surface area (TPSA) is 115 Å². The third-order valence-electron chi connectivity index (χ3n) is 1.79.